The first-order valence-corrected chi connectivity index (χ1v) is 46.4. The molecule has 0 aromatic carbocycles. The summed E-state index contributed by atoms with van der Waals surface area (Å²) in [5, 5.41) is 116. The van der Waals surface area contributed by atoms with Crippen LogP contribution in [0.4, 0.5) is 0 Å². The van der Waals surface area contributed by atoms with Gasteiger partial charge < -0.3 is 139 Å². The number of β-amino-alcohol motifs (C(OH)–C–C–N with tert-alkyl or cyclic N) is 1. The van der Waals surface area contributed by atoms with E-state index < -0.39 is 198 Å². The average molecular weight is 1750 g/mol. The molecule has 0 bridgehead atoms. The second-order valence-electron chi connectivity index (χ2n) is 30.4. The quantitative estimate of drug-likeness (QED) is 0.0224. The normalized spacial score (nSPS) is 29.3. The molecular weight excluding hydrogens is 1620 g/mol. The minimum absolute atomic E-state index is 0.0173. The van der Waals surface area contributed by atoms with Crippen LogP contribution in [0.1, 0.15) is 176 Å². The zero-order chi connectivity index (χ0) is 88.0. The lowest BCUT2D eigenvalue weighted by atomic mass is 9.79. The van der Waals surface area contributed by atoms with Gasteiger partial charge in [0.05, 0.1) is 108 Å². The number of unbranched alkanes of at least 4 members (excludes halogenated alkanes) is 1. The maximum Gasteiger partial charge on any atom is 0.325 e. The third-order valence-corrected chi connectivity index (χ3v) is 25.1. The Balaban J connectivity index is 0.0000145. The van der Waals surface area contributed by atoms with Gasteiger partial charge in [-0.2, -0.15) is 0 Å². The fraction of sp³-hybridized carbons (Fsp3) is 0.840. The Morgan fingerprint density at radius 2 is 1.00 bits per heavy atom. The van der Waals surface area contributed by atoms with Gasteiger partial charge >= 0.3 is 7.60 Å². The summed E-state index contributed by atoms with van der Waals surface area (Å²) in [6, 6.07) is -4.08. The Morgan fingerprint density at radius 3 is 1.48 bits per heavy atom. The molecule has 17 N–H and O–H groups in total. The van der Waals surface area contributed by atoms with Crippen LogP contribution in [0.15, 0.2) is 0 Å². The lowest BCUT2D eigenvalue weighted by Gasteiger charge is -2.42. The highest BCUT2D eigenvalue weighted by molar-refractivity contribution is 8.24. The number of ether oxygens (including phenoxy) is 8. The predicted molar refractivity (Wildman–Crippen MR) is 423 cm³/mol. The molecule has 118 heavy (non-hydrogen) atoms. The first kappa shape index (κ1) is 106. The van der Waals surface area contributed by atoms with Gasteiger partial charge in [0.1, 0.15) is 96.9 Å². The SMILES string of the molecule is C=P(O)(O[C@H]1C[C@H](C)O[C@@H]1COP(C)(=O)O)PC[C@@H]1C[C@@H](O)CN1C(=O)CCC(=O)NC(CCCCC(=O)NCCC(=O)CCO[C@@H]1OC(CO)[C@H](O)[C@H](O)C1NC(C)=O)(COCCC(=O)CCCC(=O)CCO[C@@H]1OC(CO)[C@H](O)[C@H](O)C1NC(C)=O)COCCC(=O)CCCC(=O)CCO[C@@H]1CC(CO)[C@H](O)[C@H](O)C1NC(C)=O.CC. The largest absolute Gasteiger partial charge is 0.396 e. The van der Waals surface area contributed by atoms with Crippen LogP contribution in [0.2, 0.25) is 0 Å². The van der Waals surface area contributed by atoms with Crippen LogP contribution in [0.3, 0.4) is 0 Å². The van der Waals surface area contributed by atoms with Crippen molar-refractivity contribution in [3.63, 3.8) is 0 Å². The van der Waals surface area contributed by atoms with Crippen LogP contribution in [-0.2, 0) is 104 Å². The third-order valence-electron chi connectivity index (χ3n) is 20.4. The third kappa shape index (κ3) is 38.2. The molecule has 4 heterocycles. The maximum atomic E-state index is 14.4. The Bertz CT molecular complexity index is 3030. The zero-order valence-corrected chi connectivity index (χ0v) is 71.5. The number of hydrogen-bond donors (Lipinski definition) is 17. The first-order chi connectivity index (χ1) is 55.8. The van der Waals surface area contributed by atoms with Crippen molar-refractivity contribution in [3.05, 3.63) is 0 Å². The number of rotatable bonds is 56. The number of Topliss-reactive ketones (excluding diaryl/α,β-unsaturated/α-hetero) is 5. The van der Waals surface area contributed by atoms with Crippen molar-refractivity contribution in [2.24, 2.45) is 5.92 Å². The summed E-state index contributed by atoms with van der Waals surface area (Å²) in [7, 11) is -7.65. The van der Waals surface area contributed by atoms with Crippen molar-refractivity contribution in [3.8, 4) is 0 Å². The molecule has 680 valence electrons. The van der Waals surface area contributed by atoms with Crippen LogP contribution in [0, 0.1) is 5.92 Å². The summed E-state index contributed by atoms with van der Waals surface area (Å²) >= 11 is 0. The number of nitrogens with one attached hydrogen (secondary N) is 5. The van der Waals surface area contributed by atoms with E-state index in [1.807, 2.05) is 13.8 Å². The molecule has 6 amide bonds. The summed E-state index contributed by atoms with van der Waals surface area (Å²) in [6.07, 6.45) is -14.5. The molecule has 43 heteroatoms. The van der Waals surface area contributed by atoms with Crippen molar-refractivity contribution in [1.82, 2.24) is 31.5 Å². The van der Waals surface area contributed by atoms with Crippen molar-refractivity contribution in [2.45, 2.75) is 298 Å². The van der Waals surface area contributed by atoms with E-state index in [1.54, 1.807) is 6.92 Å². The summed E-state index contributed by atoms with van der Waals surface area (Å²) in [5.41, 5.74) is -1.50. The van der Waals surface area contributed by atoms with Gasteiger partial charge in [-0.3, -0.25) is 57.3 Å². The van der Waals surface area contributed by atoms with Gasteiger partial charge in [-0.25, -0.2) is 0 Å². The van der Waals surface area contributed by atoms with E-state index >= 15 is 0 Å². The van der Waals surface area contributed by atoms with Gasteiger partial charge in [-0.05, 0) is 66.2 Å². The van der Waals surface area contributed by atoms with Crippen molar-refractivity contribution >= 4 is 93.6 Å². The lowest BCUT2D eigenvalue weighted by Crippen LogP contribution is -2.64. The number of carbonyl (C=O) groups is 11. The maximum absolute atomic E-state index is 14.4. The fourth-order valence-electron chi connectivity index (χ4n) is 14.2. The minimum Gasteiger partial charge on any atom is -0.396 e. The molecule has 0 spiro atoms. The molecule has 4 aliphatic heterocycles. The van der Waals surface area contributed by atoms with Crippen LogP contribution < -0.4 is 26.6 Å². The van der Waals surface area contributed by atoms with Crippen LogP contribution in [-0.4, -0.2) is 357 Å². The molecule has 0 aromatic heterocycles. The van der Waals surface area contributed by atoms with E-state index in [9.17, 15) is 118 Å². The number of carbonyl (C=O) groups excluding carboxylic acids is 11. The highest BCUT2D eigenvalue weighted by atomic mass is 32.1. The molecule has 24 atom stereocenters. The van der Waals surface area contributed by atoms with Crippen molar-refractivity contribution < 1.29 is 165 Å². The Kier molecular flexibility index (Phi) is 48.4. The fourth-order valence-corrected chi connectivity index (χ4v) is 18.4. The minimum atomic E-state index is -3.88. The molecule has 1 saturated carbocycles. The number of nitrogens with zero attached hydrogens (tertiary/aromatic N) is 1. The van der Waals surface area contributed by atoms with E-state index in [2.05, 4.69) is 32.9 Å². The van der Waals surface area contributed by atoms with Crippen LogP contribution >= 0.6 is 22.9 Å². The Labute approximate surface area is 689 Å². The summed E-state index contributed by atoms with van der Waals surface area (Å²) < 4.78 is 69.5. The predicted octanol–water partition coefficient (Wildman–Crippen LogP) is -2.35. The second kappa shape index (κ2) is 54.1. The molecule has 0 aromatic rings. The summed E-state index contributed by atoms with van der Waals surface area (Å²) in [5.74, 6) is -5.57. The van der Waals surface area contributed by atoms with Crippen molar-refractivity contribution in [1.29, 1.82) is 0 Å². The van der Waals surface area contributed by atoms with E-state index in [0.29, 0.717) is 6.42 Å². The van der Waals surface area contributed by atoms with E-state index in [-0.39, 0.29) is 237 Å². The van der Waals surface area contributed by atoms with E-state index in [4.69, 9.17) is 46.9 Å². The molecule has 0 radical (unpaired) electrons. The molecule has 5 aliphatic rings. The van der Waals surface area contributed by atoms with Crippen LogP contribution in [0.25, 0.3) is 0 Å². The zero-order valence-electron chi connectivity index (χ0n) is 68.7. The van der Waals surface area contributed by atoms with Gasteiger partial charge in [0.15, 0.2) is 12.6 Å². The molecule has 5 fully saturated rings. The smallest absolute Gasteiger partial charge is 0.325 e. The highest BCUT2D eigenvalue weighted by Gasteiger charge is 2.49. The number of likely N-dealkylation sites (tertiary alicyclic amines) is 1. The lowest BCUT2D eigenvalue weighted by molar-refractivity contribution is -0.269. The average Bonchev–Trinajstić information content (AvgIpc) is 1.29. The monoisotopic (exact) mass is 1750 g/mol. The first-order valence-electron chi connectivity index (χ1n) is 40.4. The molecule has 40 nitrogen and oxygen atoms in total. The number of aliphatic hydroxyl groups is 10. The van der Waals surface area contributed by atoms with Crippen molar-refractivity contribution in [2.75, 3.05) is 98.6 Å². The van der Waals surface area contributed by atoms with Gasteiger partial charge in [0.25, 0.3) is 0 Å². The second-order valence-corrected chi connectivity index (χ2v) is 37.7. The molecular formula is C75H131N6O34P3. The summed E-state index contributed by atoms with van der Waals surface area (Å²) in [4.78, 5) is 166. The van der Waals surface area contributed by atoms with Gasteiger partial charge in [-0.15, -0.1) is 0 Å². The molecule has 10 unspecified atom stereocenters. The van der Waals surface area contributed by atoms with E-state index in [1.165, 1.54) is 25.7 Å². The molecule has 5 rings (SSSR count). The summed E-state index contributed by atoms with van der Waals surface area (Å²) in [6.45, 7) is 6.32. The van der Waals surface area contributed by atoms with Gasteiger partial charge in [-0.1, -0.05) is 20.3 Å². The van der Waals surface area contributed by atoms with Gasteiger partial charge in [0.2, 0.25) is 35.4 Å². The van der Waals surface area contributed by atoms with Gasteiger partial charge in [0, 0.05) is 149 Å². The van der Waals surface area contributed by atoms with E-state index in [0.717, 1.165) is 6.66 Å². The molecule has 1 aliphatic carbocycles. The Morgan fingerprint density at radius 1 is 0.525 bits per heavy atom. The number of aliphatic hydroxyl groups excluding tert-OH is 10. The molecule has 4 saturated heterocycles. The topological polar surface area (TPSA) is 603 Å². The number of amides is 6. The number of hydrogen-bond acceptors (Lipinski definition) is 33. The number of ketones is 5. The highest BCUT2D eigenvalue weighted by Crippen LogP contribution is 2.63. The Hall–Kier alpha value is -4.75. The standard InChI is InChI=1S/C73H125N6O34P3.C2H6/c1-42-31-54(58(110-42)38-109-115(5,101)102)113-116(6,103)114-39-47-33-53(91)34-79(47)61(94)17-16-60(93)78-73(24-8-7-15-59(92)74-25-18-52(90)23-30-108-72-64(77-45(4)85)70(100)67(97)57(37-82)112-72,40-104-26-19-48(86)11-9-13-50(88)21-28-106-55-32-46(35-80)65(95)68(98)62(55)75-43(2)83)41-105-27-20-49(87)12-10-14-51(89)22-29-107-71-63(76-44(3)84)69(99)66(96)56(36-81)111-71;1-2/h42,46-47,53-58,62-72,80-82,91,95-100,103,114H,6-41H2,1-5H3,(H,74,92)(H,75,83)(H,76,84)(H,77,85)(H,78,93)(H,101,102);1-2H3/t42-,46?,47-,53+,54-,55+,56?,57?,58+,62?,63?,64?,65-,66-,67-,68+,69+,70+,71+,72+,73?,116?;/m0./s1. The van der Waals surface area contributed by atoms with Crippen LogP contribution in [0.5, 0.6) is 0 Å².